The van der Waals surface area contributed by atoms with E-state index in [0.29, 0.717) is 23.7 Å². The molecule has 120 valence electrons. The van der Waals surface area contributed by atoms with Crippen molar-refractivity contribution in [2.45, 2.75) is 0 Å². The zero-order valence-electron chi connectivity index (χ0n) is 13.0. The number of rotatable bonds is 8. The molecule has 0 heterocycles. The SMILES string of the molecule is C=CCNc1ccc(NC(=O)COc2ccccc2OC)cc1. The standard InChI is InChI=1S/C18H20N2O3/c1-3-12-19-14-8-10-15(11-9-14)20-18(21)13-23-17-7-5-4-6-16(17)22-2/h3-11,19H,1,12-13H2,2H3,(H,20,21). The summed E-state index contributed by atoms with van der Waals surface area (Å²) < 4.78 is 10.6. The molecule has 2 N–H and O–H groups in total. The van der Waals surface area contributed by atoms with Gasteiger partial charge in [0.15, 0.2) is 18.1 Å². The van der Waals surface area contributed by atoms with Gasteiger partial charge in [-0.1, -0.05) is 18.2 Å². The average molecular weight is 312 g/mol. The van der Waals surface area contributed by atoms with Crippen LogP contribution in [0.2, 0.25) is 0 Å². The van der Waals surface area contributed by atoms with E-state index in [1.54, 1.807) is 25.3 Å². The molecular weight excluding hydrogens is 292 g/mol. The lowest BCUT2D eigenvalue weighted by atomic mass is 10.2. The number of ether oxygens (including phenoxy) is 2. The van der Waals surface area contributed by atoms with Gasteiger partial charge in [-0.05, 0) is 36.4 Å². The topological polar surface area (TPSA) is 59.6 Å². The maximum Gasteiger partial charge on any atom is 0.262 e. The molecule has 0 aliphatic carbocycles. The molecule has 0 unspecified atom stereocenters. The van der Waals surface area contributed by atoms with Crippen LogP contribution in [-0.4, -0.2) is 26.2 Å². The highest BCUT2D eigenvalue weighted by Crippen LogP contribution is 2.25. The van der Waals surface area contributed by atoms with Crippen molar-refractivity contribution in [2.24, 2.45) is 0 Å². The lowest BCUT2D eigenvalue weighted by Crippen LogP contribution is -2.20. The first kappa shape index (κ1) is 16.4. The number of para-hydroxylation sites is 2. The number of hydrogen-bond donors (Lipinski definition) is 2. The molecule has 0 aromatic heterocycles. The Kier molecular flexibility index (Phi) is 6.06. The van der Waals surface area contributed by atoms with E-state index in [9.17, 15) is 4.79 Å². The predicted octanol–water partition coefficient (Wildman–Crippen LogP) is 3.31. The van der Waals surface area contributed by atoms with Gasteiger partial charge in [0.1, 0.15) is 0 Å². The van der Waals surface area contributed by atoms with Crippen LogP contribution in [0.1, 0.15) is 0 Å². The van der Waals surface area contributed by atoms with E-state index in [4.69, 9.17) is 9.47 Å². The van der Waals surface area contributed by atoms with E-state index in [0.717, 1.165) is 5.69 Å². The van der Waals surface area contributed by atoms with Gasteiger partial charge in [0.25, 0.3) is 5.91 Å². The molecular formula is C18H20N2O3. The predicted molar refractivity (Wildman–Crippen MR) is 92.2 cm³/mol. The summed E-state index contributed by atoms with van der Waals surface area (Å²) in [5.74, 6) is 0.898. The molecule has 0 radical (unpaired) electrons. The summed E-state index contributed by atoms with van der Waals surface area (Å²) in [5, 5.41) is 5.95. The summed E-state index contributed by atoms with van der Waals surface area (Å²) in [6.07, 6.45) is 1.78. The van der Waals surface area contributed by atoms with Gasteiger partial charge in [-0.25, -0.2) is 0 Å². The van der Waals surface area contributed by atoms with E-state index in [1.807, 2.05) is 36.4 Å². The molecule has 0 bridgehead atoms. The Hall–Kier alpha value is -2.95. The fourth-order valence-electron chi connectivity index (χ4n) is 1.94. The molecule has 0 saturated carbocycles. The average Bonchev–Trinajstić information content (AvgIpc) is 2.59. The van der Waals surface area contributed by atoms with Crippen molar-refractivity contribution < 1.29 is 14.3 Å². The third kappa shape index (κ3) is 5.07. The molecule has 5 nitrogen and oxygen atoms in total. The molecule has 23 heavy (non-hydrogen) atoms. The van der Waals surface area contributed by atoms with Crippen molar-refractivity contribution in [3.63, 3.8) is 0 Å². The van der Waals surface area contributed by atoms with Crippen molar-refractivity contribution in [3.05, 3.63) is 61.2 Å². The summed E-state index contributed by atoms with van der Waals surface area (Å²) in [5.41, 5.74) is 1.68. The first-order valence-electron chi connectivity index (χ1n) is 7.23. The Balaban J connectivity index is 1.86. The number of benzene rings is 2. The van der Waals surface area contributed by atoms with E-state index in [1.165, 1.54) is 0 Å². The van der Waals surface area contributed by atoms with Gasteiger partial charge in [0.2, 0.25) is 0 Å². The van der Waals surface area contributed by atoms with E-state index < -0.39 is 0 Å². The van der Waals surface area contributed by atoms with Gasteiger partial charge < -0.3 is 20.1 Å². The van der Waals surface area contributed by atoms with Crippen LogP contribution in [0.3, 0.4) is 0 Å². The number of carbonyl (C=O) groups is 1. The Morgan fingerprint density at radius 2 is 1.74 bits per heavy atom. The maximum absolute atomic E-state index is 11.9. The first-order chi connectivity index (χ1) is 11.2. The van der Waals surface area contributed by atoms with Crippen molar-refractivity contribution in [3.8, 4) is 11.5 Å². The summed E-state index contributed by atoms with van der Waals surface area (Å²) in [6.45, 7) is 4.25. The van der Waals surface area contributed by atoms with Crippen LogP contribution in [-0.2, 0) is 4.79 Å². The number of carbonyl (C=O) groups excluding carboxylic acids is 1. The van der Waals surface area contributed by atoms with Crippen LogP contribution in [0.15, 0.2) is 61.2 Å². The van der Waals surface area contributed by atoms with E-state index in [-0.39, 0.29) is 12.5 Å². The maximum atomic E-state index is 11.9. The zero-order chi connectivity index (χ0) is 16.5. The van der Waals surface area contributed by atoms with E-state index >= 15 is 0 Å². The van der Waals surface area contributed by atoms with Crippen molar-refractivity contribution in [1.82, 2.24) is 0 Å². The second kappa shape index (κ2) is 8.48. The lowest BCUT2D eigenvalue weighted by Gasteiger charge is -2.11. The number of nitrogens with one attached hydrogen (secondary N) is 2. The number of amides is 1. The third-order valence-electron chi connectivity index (χ3n) is 3.05. The zero-order valence-corrected chi connectivity index (χ0v) is 13.0. The lowest BCUT2D eigenvalue weighted by molar-refractivity contribution is -0.118. The molecule has 1 amide bonds. The quantitative estimate of drug-likeness (QED) is 0.734. The molecule has 0 saturated heterocycles. The Bertz CT molecular complexity index is 654. The third-order valence-corrected chi connectivity index (χ3v) is 3.05. The minimum absolute atomic E-state index is 0.0865. The van der Waals surface area contributed by atoms with E-state index in [2.05, 4.69) is 17.2 Å². The molecule has 0 spiro atoms. The minimum atomic E-state index is -0.234. The summed E-state index contributed by atoms with van der Waals surface area (Å²) in [4.78, 5) is 11.9. The molecule has 0 aliphatic heterocycles. The summed E-state index contributed by atoms with van der Waals surface area (Å²) >= 11 is 0. The number of anilines is 2. The van der Waals surface area contributed by atoms with Gasteiger partial charge in [0.05, 0.1) is 7.11 Å². The molecule has 2 rings (SSSR count). The number of hydrogen-bond acceptors (Lipinski definition) is 4. The van der Waals surface area contributed by atoms with Crippen LogP contribution in [0, 0.1) is 0 Å². The fourth-order valence-corrected chi connectivity index (χ4v) is 1.94. The van der Waals surface area contributed by atoms with Gasteiger partial charge in [-0.2, -0.15) is 0 Å². The van der Waals surface area contributed by atoms with Gasteiger partial charge >= 0.3 is 0 Å². The van der Waals surface area contributed by atoms with Crippen LogP contribution >= 0.6 is 0 Å². The molecule has 2 aromatic rings. The summed E-state index contributed by atoms with van der Waals surface area (Å²) in [6, 6.07) is 14.6. The van der Waals surface area contributed by atoms with Crippen LogP contribution in [0.5, 0.6) is 11.5 Å². The Labute approximate surface area is 135 Å². The molecule has 5 heteroatoms. The first-order valence-corrected chi connectivity index (χ1v) is 7.23. The van der Waals surface area contributed by atoms with Crippen LogP contribution in [0.25, 0.3) is 0 Å². The van der Waals surface area contributed by atoms with Gasteiger partial charge in [-0.3, -0.25) is 4.79 Å². The second-order valence-electron chi connectivity index (χ2n) is 4.73. The Morgan fingerprint density at radius 3 is 2.39 bits per heavy atom. The minimum Gasteiger partial charge on any atom is -0.493 e. The largest absolute Gasteiger partial charge is 0.493 e. The highest BCUT2D eigenvalue weighted by Gasteiger charge is 2.07. The smallest absolute Gasteiger partial charge is 0.262 e. The van der Waals surface area contributed by atoms with Crippen LogP contribution < -0.4 is 20.1 Å². The van der Waals surface area contributed by atoms with Gasteiger partial charge in [0, 0.05) is 17.9 Å². The highest BCUT2D eigenvalue weighted by atomic mass is 16.5. The monoisotopic (exact) mass is 312 g/mol. The summed E-state index contributed by atoms with van der Waals surface area (Å²) in [7, 11) is 1.56. The second-order valence-corrected chi connectivity index (χ2v) is 4.73. The van der Waals surface area contributed by atoms with Gasteiger partial charge in [-0.15, -0.1) is 6.58 Å². The van der Waals surface area contributed by atoms with Crippen molar-refractivity contribution in [1.29, 1.82) is 0 Å². The molecule has 2 aromatic carbocycles. The van der Waals surface area contributed by atoms with Crippen molar-refractivity contribution in [2.75, 3.05) is 30.9 Å². The highest BCUT2D eigenvalue weighted by molar-refractivity contribution is 5.92. The Morgan fingerprint density at radius 1 is 1.09 bits per heavy atom. The molecule has 0 fully saturated rings. The van der Waals surface area contributed by atoms with Crippen LogP contribution in [0.4, 0.5) is 11.4 Å². The molecule has 0 atom stereocenters. The normalized spacial score (nSPS) is 9.78. The van der Waals surface area contributed by atoms with Crippen molar-refractivity contribution >= 4 is 17.3 Å². The molecule has 0 aliphatic rings. The fraction of sp³-hybridized carbons (Fsp3) is 0.167. The number of methoxy groups -OCH3 is 1.